The zero-order valence-corrected chi connectivity index (χ0v) is 21.7. The van der Waals surface area contributed by atoms with Crippen molar-refractivity contribution in [2.24, 2.45) is 0 Å². The lowest BCUT2D eigenvalue weighted by atomic mass is 9.92. The monoisotopic (exact) mass is 522 g/mol. The number of fused-ring (bicyclic) bond motifs is 4. The van der Waals surface area contributed by atoms with Gasteiger partial charge in [0.2, 0.25) is 0 Å². The smallest absolute Gasteiger partial charge is 0.410 e. The fourth-order valence-corrected chi connectivity index (χ4v) is 4.99. The molecule has 0 fully saturated rings. The number of aromatic nitrogens is 2. The number of carbonyl (C=O) groups excluding carboxylic acids is 2. The van der Waals surface area contributed by atoms with Crippen LogP contribution in [0.3, 0.4) is 0 Å². The number of benzene rings is 2. The van der Waals surface area contributed by atoms with E-state index in [1.165, 1.54) is 9.80 Å². The molecular weight excluding hydrogens is 494 g/mol. The Labute approximate surface area is 217 Å². The molecule has 2 amide bonds. The fourth-order valence-electron chi connectivity index (χ4n) is 4.99. The third-order valence-electron chi connectivity index (χ3n) is 6.81. The van der Waals surface area contributed by atoms with E-state index in [0.29, 0.717) is 17.0 Å². The molecule has 198 valence electrons. The van der Waals surface area contributed by atoms with Crippen LogP contribution in [0, 0.1) is 18.6 Å². The Morgan fingerprint density at radius 2 is 1.74 bits per heavy atom. The normalized spacial score (nSPS) is 15.6. The van der Waals surface area contributed by atoms with Crippen LogP contribution in [0.2, 0.25) is 0 Å². The van der Waals surface area contributed by atoms with E-state index < -0.39 is 34.9 Å². The highest BCUT2D eigenvalue weighted by molar-refractivity contribution is 5.99. The Balaban J connectivity index is 1.64. The number of H-pyrrole nitrogens is 2. The maximum absolute atomic E-state index is 14.4. The number of aromatic amines is 2. The summed E-state index contributed by atoms with van der Waals surface area (Å²) in [6, 6.07) is 8.49. The summed E-state index contributed by atoms with van der Waals surface area (Å²) in [6.07, 6.45) is -0.624. The van der Waals surface area contributed by atoms with Crippen LogP contribution in [0.5, 0.6) is 0 Å². The molecule has 1 atom stereocenters. The van der Waals surface area contributed by atoms with E-state index in [9.17, 15) is 23.2 Å². The molecular formula is C28H28F2N4O4. The van der Waals surface area contributed by atoms with Gasteiger partial charge in [0.15, 0.2) is 11.6 Å². The number of pyridine rings is 1. The first-order chi connectivity index (χ1) is 17.8. The molecule has 10 heteroatoms. The van der Waals surface area contributed by atoms with Crippen molar-refractivity contribution < 1.29 is 23.1 Å². The van der Waals surface area contributed by atoms with E-state index in [2.05, 4.69) is 9.97 Å². The topological polar surface area (TPSA) is 98.5 Å². The maximum Gasteiger partial charge on any atom is 0.410 e. The zero-order chi connectivity index (χ0) is 27.5. The summed E-state index contributed by atoms with van der Waals surface area (Å²) in [4.78, 5) is 48.3. The van der Waals surface area contributed by atoms with Crippen LogP contribution in [0.1, 0.15) is 54.1 Å². The Kier molecular flexibility index (Phi) is 6.00. The first-order valence-corrected chi connectivity index (χ1v) is 12.2. The lowest BCUT2D eigenvalue weighted by Crippen LogP contribution is -2.47. The number of halogens is 2. The molecule has 2 aromatic carbocycles. The van der Waals surface area contributed by atoms with E-state index in [-0.39, 0.29) is 29.8 Å². The van der Waals surface area contributed by atoms with Crippen molar-refractivity contribution in [3.8, 4) is 0 Å². The largest absolute Gasteiger partial charge is 0.444 e. The van der Waals surface area contributed by atoms with Gasteiger partial charge >= 0.3 is 6.09 Å². The molecule has 8 nitrogen and oxygen atoms in total. The maximum atomic E-state index is 14.4. The summed E-state index contributed by atoms with van der Waals surface area (Å²) < 4.78 is 34.0. The van der Waals surface area contributed by atoms with Crippen LogP contribution < -0.4 is 5.56 Å². The van der Waals surface area contributed by atoms with E-state index in [0.717, 1.165) is 28.6 Å². The van der Waals surface area contributed by atoms with Crippen molar-refractivity contribution in [3.05, 3.63) is 80.9 Å². The van der Waals surface area contributed by atoms with Gasteiger partial charge in [0, 0.05) is 35.8 Å². The predicted octanol–water partition coefficient (Wildman–Crippen LogP) is 5.16. The number of nitrogens with zero attached hydrogens (tertiary/aromatic N) is 2. The second kappa shape index (κ2) is 8.97. The van der Waals surface area contributed by atoms with Gasteiger partial charge in [-0.15, -0.1) is 0 Å². The Hall–Kier alpha value is -4.21. The lowest BCUT2D eigenvalue weighted by molar-refractivity contribution is 0.0142. The van der Waals surface area contributed by atoms with Crippen molar-refractivity contribution in [3.63, 3.8) is 0 Å². The molecule has 1 aliphatic heterocycles. The number of nitrogens with one attached hydrogen (secondary N) is 2. The fraction of sp³-hybridized carbons (Fsp3) is 0.321. The summed E-state index contributed by atoms with van der Waals surface area (Å²) in [5, 5.41) is 1.04. The highest BCUT2D eigenvalue weighted by Gasteiger charge is 2.37. The van der Waals surface area contributed by atoms with Crippen molar-refractivity contribution in [1.82, 2.24) is 19.8 Å². The summed E-state index contributed by atoms with van der Waals surface area (Å²) in [5.74, 6) is -2.63. The van der Waals surface area contributed by atoms with Crippen LogP contribution in [0.15, 0.2) is 41.2 Å². The van der Waals surface area contributed by atoms with Gasteiger partial charge in [-0.3, -0.25) is 14.5 Å². The second-order valence-corrected chi connectivity index (χ2v) is 10.7. The van der Waals surface area contributed by atoms with Crippen LogP contribution in [-0.2, 0) is 11.3 Å². The molecule has 0 saturated carbocycles. The van der Waals surface area contributed by atoms with Gasteiger partial charge in [-0.1, -0.05) is 12.1 Å². The van der Waals surface area contributed by atoms with Crippen molar-refractivity contribution in [2.45, 2.75) is 45.9 Å². The molecule has 2 N–H and O–H groups in total. The Morgan fingerprint density at radius 1 is 1.05 bits per heavy atom. The molecule has 0 saturated heterocycles. The molecule has 4 aromatic rings. The van der Waals surface area contributed by atoms with Gasteiger partial charge < -0.3 is 19.6 Å². The third-order valence-corrected chi connectivity index (χ3v) is 6.81. The molecule has 0 bridgehead atoms. The van der Waals surface area contributed by atoms with Crippen LogP contribution >= 0.6 is 0 Å². The molecule has 1 unspecified atom stereocenters. The van der Waals surface area contributed by atoms with Gasteiger partial charge in [-0.2, -0.15) is 0 Å². The molecule has 3 heterocycles. The van der Waals surface area contributed by atoms with Gasteiger partial charge in [-0.25, -0.2) is 13.6 Å². The van der Waals surface area contributed by atoms with Crippen LogP contribution in [-0.4, -0.2) is 51.0 Å². The molecule has 38 heavy (non-hydrogen) atoms. The average molecular weight is 523 g/mol. The van der Waals surface area contributed by atoms with E-state index >= 15 is 0 Å². The van der Waals surface area contributed by atoms with Crippen LogP contribution in [0.4, 0.5) is 13.6 Å². The Bertz CT molecular complexity index is 1670. The highest BCUT2D eigenvalue weighted by atomic mass is 19.2. The third kappa shape index (κ3) is 4.40. The van der Waals surface area contributed by atoms with Crippen LogP contribution in [0.25, 0.3) is 21.7 Å². The molecule has 1 aliphatic rings. The minimum atomic E-state index is -1.15. The average Bonchev–Trinajstić information content (AvgIpc) is 3.28. The minimum Gasteiger partial charge on any atom is -0.444 e. The molecule has 0 radical (unpaired) electrons. The van der Waals surface area contributed by atoms with Crippen molar-refractivity contribution >= 4 is 33.7 Å². The second-order valence-electron chi connectivity index (χ2n) is 10.7. The highest BCUT2D eigenvalue weighted by Crippen LogP contribution is 2.36. The minimum absolute atomic E-state index is 0.0174. The van der Waals surface area contributed by atoms with E-state index in [4.69, 9.17) is 4.74 Å². The number of amides is 2. The number of ether oxygens (including phenoxy) is 1. The number of likely N-dealkylation sites (N-methyl/N-ethyl adjacent to an activating group) is 1. The number of hydrogen-bond donors (Lipinski definition) is 2. The molecule has 0 aliphatic carbocycles. The van der Waals surface area contributed by atoms with E-state index in [1.54, 1.807) is 33.9 Å². The zero-order valence-electron chi connectivity index (χ0n) is 21.7. The Morgan fingerprint density at radius 3 is 2.39 bits per heavy atom. The predicted molar refractivity (Wildman–Crippen MR) is 139 cm³/mol. The molecule has 2 aromatic heterocycles. The molecule has 0 spiro atoms. The van der Waals surface area contributed by atoms with Gasteiger partial charge in [-0.05, 0) is 62.9 Å². The van der Waals surface area contributed by atoms with Crippen molar-refractivity contribution in [1.29, 1.82) is 0 Å². The lowest BCUT2D eigenvalue weighted by Gasteiger charge is -2.39. The summed E-state index contributed by atoms with van der Waals surface area (Å²) in [7, 11) is 1.57. The van der Waals surface area contributed by atoms with Gasteiger partial charge in [0.1, 0.15) is 11.3 Å². The standard InChI is InChI=1S/C28H28F2N4O4/c1-14-7-6-8-20-15(14)11-21(31-20)26(36)33(5)23-13-34(27(37)38-28(2,3)4)12-22-24(23)16-9-18(29)19(30)10-17(16)25(35)32-22/h6-11,23,31H,12-13H2,1-5H3,(H,32,35). The van der Waals surface area contributed by atoms with Crippen molar-refractivity contribution in [2.75, 3.05) is 13.6 Å². The van der Waals surface area contributed by atoms with Gasteiger partial charge in [0.25, 0.3) is 11.5 Å². The summed E-state index contributed by atoms with van der Waals surface area (Å²) >= 11 is 0. The summed E-state index contributed by atoms with van der Waals surface area (Å²) in [6.45, 7) is 7.14. The molecule has 5 rings (SSSR count). The SMILES string of the molecule is Cc1cccc2[nH]c(C(=O)N(C)C3CN(C(=O)OC(C)(C)C)Cc4[nH]c(=O)c5cc(F)c(F)cc5c43)cc12. The van der Waals surface area contributed by atoms with Gasteiger partial charge in [0.05, 0.1) is 18.0 Å². The number of aryl methyl sites for hydroxylation is 1. The number of carbonyl (C=O) groups is 2. The van der Waals surface area contributed by atoms with E-state index in [1.807, 2.05) is 25.1 Å². The quantitative estimate of drug-likeness (QED) is 0.380. The summed E-state index contributed by atoms with van der Waals surface area (Å²) in [5.41, 5.74) is 1.51. The first kappa shape index (κ1) is 25.4. The first-order valence-electron chi connectivity index (χ1n) is 12.2. The number of hydrogen-bond acceptors (Lipinski definition) is 4. The number of rotatable bonds is 2.